The molecule has 7 heteroatoms. The predicted molar refractivity (Wildman–Crippen MR) is 73.1 cm³/mol. The molecule has 0 radical (unpaired) electrons. The molecule has 0 bridgehead atoms. The van der Waals surface area contributed by atoms with Crippen LogP contribution in [0, 0.1) is 0 Å². The third-order valence-corrected chi connectivity index (χ3v) is 3.75. The molecule has 102 valence electrons. The molecule has 3 amide bonds. The van der Waals surface area contributed by atoms with Gasteiger partial charge in [0.1, 0.15) is 4.87 Å². The van der Waals surface area contributed by atoms with Crippen LogP contribution in [0.15, 0.2) is 5.10 Å². The molecule has 1 heterocycles. The fourth-order valence-electron chi connectivity index (χ4n) is 1.56. The van der Waals surface area contributed by atoms with Crippen molar-refractivity contribution in [2.45, 2.75) is 38.5 Å². The van der Waals surface area contributed by atoms with Crippen LogP contribution in [-0.2, 0) is 4.79 Å². The SMILES string of the molecule is CCCC(=O)N1N=C(N(C)C(=O)NC)SC1(C)C. The Morgan fingerprint density at radius 2 is 2.11 bits per heavy atom. The molecule has 0 saturated carbocycles. The molecule has 0 spiro atoms. The number of nitrogens with zero attached hydrogens (tertiary/aromatic N) is 3. The maximum atomic E-state index is 12.0. The van der Waals surface area contributed by atoms with Crippen molar-refractivity contribution in [3.05, 3.63) is 0 Å². The monoisotopic (exact) mass is 272 g/mol. The van der Waals surface area contributed by atoms with E-state index in [2.05, 4.69) is 10.4 Å². The van der Waals surface area contributed by atoms with E-state index < -0.39 is 4.87 Å². The van der Waals surface area contributed by atoms with Gasteiger partial charge in [-0.25, -0.2) is 9.80 Å². The molecule has 0 aromatic carbocycles. The zero-order valence-electron chi connectivity index (χ0n) is 11.5. The van der Waals surface area contributed by atoms with Gasteiger partial charge in [-0.1, -0.05) is 18.7 Å². The summed E-state index contributed by atoms with van der Waals surface area (Å²) < 4.78 is 0. The molecule has 1 N–H and O–H groups in total. The molecule has 1 aliphatic heterocycles. The quantitative estimate of drug-likeness (QED) is 0.831. The average molecular weight is 272 g/mol. The lowest BCUT2D eigenvalue weighted by Crippen LogP contribution is -2.38. The summed E-state index contributed by atoms with van der Waals surface area (Å²) in [5.74, 6) is -0.0182. The van der Waals surface area contributed by atoms with Crippen LogP contribution in [0.25, 0.3) is 0 Å². The van der Waals surface area contributed by atoms with Crippen LogP contribution >= 0.6 is 11.8 Å². The third kappa shape index (κ3) is 2.95. The maximum Gasteiger partial charge on any atom is 0.322 e. The van der Waals surface area contributed by atoms with E-state index in [1.165, 1.54) is 21.7 Å². The fraction of sp³-hybridized carbons (Fsp3) is 0.727. The van der Waals surface area contributed by atoms with Gasteiger partial charge < -0.3 is 5.32 Å². The van der Waals surface area contributed by atoms with Gasteiger partial charge in [0.2, 0.25) is 5.91 Å². The number of hydrogen-bond donors (Lipinski definition) is 1. The number of carbonyl (C=O) groups is 2. The van der Waals surface area contributed by atoms with Gasteiger partial charge in [-0.05, 0) is 20.3 Å². The van der Waals surface area contributed by atoms with Crippen molar-refractivity contribution >= 4 is 28.9 Å². The van der Waals surface area contributed by atoms with Crippen LogP contribution < -0.4 is 5.32 Å². The van der Waals surface area contributed by atoms with Gasteiger partial charge in [0.15, 0.2) is 5.17 Å². The summed E-state index contributed by atoms with van der Waals surface area (Å²) in [4.78, 5) is 24.4. The van der Waals surface area contributed by atoms with E-state index in [0.717, 1.165) is 6.42 Å². The zero-order chi connectivity index (χ0) is 13.9. The van der Waals surface area contributed by atoms with E-state index >= 15 is 0 Å². The summed E-state index contributed by atoms with van der Waals surface area (Å²) in [6.45, 7) is 5.79. The topological polar surface area (TPSA) is 65.0 Å². The molecule has 0 aromatic heterocycles. The number of nitrogens with one attached hydrogen (secondary N) is 1. The molecule has 0 aromatic rings. The Labute approximate surface area is 112 Å². The number of rotatable bonds is 2. The Bertz CT molecular complexity index is 381. The number of hydrazone groups is 1. The smallest absolute Gasteiger partial charge is 0.322 e. The second-order valence-electron chi connectivity index (χ2n) is 4.50. The lowest BCUT2D eigenvalue weighted by molar-refractivity contribution is -0.133. The molecule has 0 aliphatic carbocycles. The molecule has 0 unspecified atom stereocenters. The van der Waals surface area contributed by atoms with Gasteiger partial charge in [-0.3, -0.25) is 9.69 Å². The highest BCUT2D eigenvalue weighted by Gasteiger charge is 2.40. The number of thioether (sulfide) groups is 1. The van der Waals surface area contributed by atoms with Crippen molar-refractivity contribution in [2.75, 3.05) is 14.1 Å². The van der Waals surface area contributed by atoms with Gasteiger partial charge >= 0.3 is 6.03 Å². The second-order valence-corrected chi connectivity index (χ2v) is 6.07. The Hall–Kier alpha value is -1.24. The highest BCUT2D eigenvalue weighted by Crippen LogP contribution is 2.37. The Kier molecular flexibility index (Phi) is 4.61. The summed E-state index contributed by atoms with van der Waals surface area (Å²) in [7, 11) is 3.19. The molecule has 0 atom stereocenters. The summed E-state index contributed by atoms with van der Waals surface area (Å²) in [5.41, 5.74) is 0. The Morgan fingerprint density at radius 1 is 1.50 bits per heavy atom. The highest BCUT2D eigenvalue weighted by molar-refractivity contribution is 8.15. The van der Waals surface area contributed by atoms with E-state index in [0.29, 0.717) is 11.6 Å². The lowest BCUT2D eigenvalue weighted by Gasteiger charge is -2.27. The standard InChI is InChI=1S/C11H20N4O2S/c1-6-7-8(16)15-11(2,3)18-10(13-15)14(5)9(17)12-4/h6-7H2,1-5H3,(H,12,17). The third-order valence-electron chi connectivity index (χ3n) is 2.54. The second kappa shape index (κ2) is 5.60. The van der Waals surface area contributed by atoms with E-state index in [1.807, 2.05) is 20.8 Å². The Balaban J connectivity index is 2.89. The van der Waals surface area contributed by atoms with Gasteiger partial charge in [0.05, 0.1) is 0 Å². The first-order chi connectivity index (χ1) is 8.33. The first kappa shape index (κ1) is 14.8. The van der Waals surface area contributed by atoms with Crippen LogP contribution in [-0.4, -0.2) is 46.0 Å². The fourth-order valence-corrected chi connectivity index (χ4v) is 2.58. The van der Waals surface area contributed by atoms with Crippen molar-refractivity contribution in [1.29, 1.82) is 0 Å². The number of amides is 3. The van der Waals surface area contributed by atoms with E-state index in [-0.39, 0.29) is 11.9 Å². The van der Waals surface area contributed by atoms with Crippen molar-refractivity contribution < 1.29 is 9.59 Å². The molecule has 0 saturated heterocycles. The average Bonchev–Trinajstić information content (AvgIpc) is 2.63. The van der Waals surface area contributed by atoms with Crippen LogP contribution in [0.1, 0.15) is 33.6 Å². The summed E-state index contributed by atoms with van der Waals surface area (Å²) in [5, 5.41) is 8.78. The van der Waals surface area contributed by atoms with Crippen molar-refractivity contribution in [3.8, 4) is 0 Å². The summed E-state index contributed by atoms with van der Waals surface area (Å²) in [6, 6.07) is -0.248. The molecular formula is C11H20N4O2S. The van der Waals surface area contributed by atoms with Gasteiger partial charge in [-0.2, -0.15) is 0 Å². The zero-order valence-corrected chi connectivity index (χ0v) is 12.3. The van der Waals surface area contributed by atoms with Gasteiger partial charge in [-0.15, -0.1) is 5.10 Å². The molecular weight excluding hydrogens is 252 g/mol. The molecule has 1 aliphatic rings. The minimum Gasteiger partial charge on any atom is -0.341 e. The van der Waals surface area contributed by atoms with E-state index in [4.69, 9.17) is 0 Å². The minimum atomic E-state index is -0.454. The van der Waals surface area contributed by atoms with Gasteiger partial charge in [0, 0.05) is 20.5 Å². The van der Waals surface area contributed by atoms with Gasteiger partial charge in [0.25, 0.3) is 0 Å². The van der Waals surface area contributed by atoms with Crippen molar-refractivity contribution in [1.82, 2.24) is 15.2 Å². The van der Waals surface area contributed by atoms with Crippen LogP contribution in [0.4, 0.5) is 4.79 Å². The minimum absolute atomic E-state index is 0.0182. The molecule has 0 fully saturated rings. The molecule has 1 rings (SSSR count). The van der Waals surface area contributed by atoms with E-state index in [1.54, 1.807) is 14.1 Å². The van der Waals surface area contributed by atoms with Crippen LogP contribution in [0.2, 0.25) is 0 Å². The highest BCUT2D eigenvalue weighted by atomic mass is 32.2. The first-order valence-corrected chi connectivity index (χ1v) is 6.71. The predicted octanol–water partition coefficient (Wildman–Crippen LogP) is 1.64. The van der Waals surface area contributed by atoms with Crippen LogP contribution in [0.5, 0.6) is 0 Å². The largest absolute Gasteiger partial charge is 0.341 e. The van der Waals surface area contributed by atoms with Crippen molar-refractivity contribution in [3.63, 3.8) is 0 Å². The normalized spacial score (nSPS) is 17.4. The molecule has 6 nitrogen and oxygen atoms in total. The number of urea groups is 1. The van der Waals surface area contributed by atoms with E-state index in [9.17, 15) is 9.59 Å². The number of amidine groups is 1. The summed E-state index contributed by atoms with van der Waals surface area (Å²) in [6.07, 6.45) is 1.25. The van der Waals surface area contributed by atoms with Crippen molar-refractivity contribution in [2.24, 2.45) is 5.10 Å². The summed E-state index contributed by atoms with van der Waals surface area (Å²) >= 11 is 1.40. The van der Waals surface area contributed by atoms with Crippen LogP contribution in [0.3, 0.4) is 0 Å². The first-order valence-electron chi connectivity index (χ1n) is 5.89. The maximum absolute atomic E-state index is 12.0. The lowest BCUT2D eigenvalue weighted by atomic mass is 10.3. The number of carbonyl (C=O) groups excluding carboxylic acids is 2. The molecule has 18 heavy (non-hydrogen) atoms. The Morgan fingerprint density at radius 3 is 2.61 bits per heavy atom. The number of hydrogen-bond acceptors (Lipinski definition) is 4.